The minimum absolute atomic E-state index is 0.986. The van der Waals surface area contributed by atoms with Gasteiger partial charge in [0.15, 0.2) is 0 Å². The van der Waals surface area contributed by atoms with Gasteiger partial charge in [-0.2, -0.15) is 0 Å². The van der Waals surface area contributed by atoms with Crippen LogP contribution in [0.2, 0.25) is 112 Å². The zero-order chi connectivity index (χ0) is 24.4. The molecule has 0 aromatic carbocycles. The molecule has 0 nitrogen and oxygen atoms in total. The van der Waals surface area contributed by atoms with Crippen LogP contribution in [-0.2, 0) is 0 Å². The van der Waals surface area contributed by atoms with Crippen LogP contribution in [0, 0.1) is 0 Å². The Kier molecular flexibility index (Phi) is 11.6. The van der Waals surface area contributed by atoms with Crippen molar-refractivity contribution in [2.75, 3.05) is 0 Å². The van der Waals surface area contributed by atoms with Crippen molar-refractivity contribution in [1.82, 2.24) is 0 Å². The molecule has 0 saturated carbocycles. The lowest BCUT2D eigenvalue weighted by Crippen LogP contribution is -2.56. The van der Waals surface area contributed by atoms with E-state index in [9.17, 15) is 0 Å². The van der Waals surface area contributed by atoms with Crippen molar-refractivity contribution in [3.63, 3.8) is 0 Å². The molecule has 0 unspecified atom stereocenters. The van der Waals surface area contributed by atoms with Crippen LogP contribution in [0.15, 0.2) is 0 Å². The van der Waals surface area contributed by atoms with E-state index in [1.165, 1.54) is 15.9 Å². The second-order valence-electron chi connectivity index (χ2n) is 15.8. The van der Waals surface area contributed by atoms with E-state index in [0.717, 1.165) is 11.1 Å². The van der Waals surface area contributed by atoms with Gasteiger partial charge in [-0.25, -0.2) is 0 Å². The van der Waals surface area contributed by atoms with Crippen LogP contribution in [0.1, 0.15) is 27.7 Å². The summed E-state index contributed by atoms with van der Waals surface area (Å²) < 4.78 is 0. The monoisotopic (exact) mass is 546 g/mol. The topological polar surface area (TPSA) is 0 Å². The average Bonchev–Trinajstić information content (AvgIpc) is 2.37. The first kappa shape index (κ1) is 31.7. The van der Waals surface area contributed by atoms with E-state index < -0.39 is 47.5 Å². The average molecular weight is 547 g/mol. The molecule has 0 radical (unpaired) electrons. The molecule has 0 aliphatic carbocycles. The highest BCUT2D eigenvalue weighted by Gasteiger charge is 2.45. The van der Waals surface area contributed by atoms with E-state index in [-0.39, 0.29) is 0 Å². The maximum Gasteiger partial charge on any atom is 0.0961 e. The van der Waals surface area contributed by atoms with Gasteiger partial charge in [-0.15, -0.1) is 0 Å². The van der Waals surface area contributed by atoms with Gasteiger partial charge in [0, 0.05) is 32.3 Å². The molecule has 0 N–H and O–H groups in total. The quantitative estimate of drug-likeness (QED) is 0.241. The summed E-state index contributed by atoms with van der Waals surface area (Å²) in [6, 6.07) is 0. The Bertz CT molecular complexity index is 517. The van der Waals surface area contributed by atoms with Crippen molar-refractivity contribution in [1.29, 1.82) is 0 Å². The zero-order valence-corrected chi connectivity index (χ0v) is 32.0. The minimum Gasteiger partial charge on any atom is -0.0788 e. The van der Waals surface area contributed by atoms with Gasteiger partial charge in [0.2, 0.25) is 0 Å². The van der Waals surface area contributed by atoms with Gasteiger partial charge in [-0.3, -0.25) is 0 Å². The zero-order valence-electron chi connectivity index (χ0n) is 24.0. The molecule has 0 aliphatic heterocycles. The normalized spacial score (nSPS) is 14.9. The minimum atomic E-state index is -1.22. The van der Waals surface area contributed by atoms with E-state index in [4.69, 9.17) is 0 Å². The van der Waals surface area contributed by atoms with Gasteiger partial charge < -0.3 is 0 Å². The van der Waals surface area contributed by atoms with Crippen LogP contribution in [-0.4, -0.2) is 63.3 Å². The van der Waals surface area contributed by atoms with E-state index in [0.29, 0.717) is 0 Å². The van der Waals surface area contributed by atoms with Gasteiger partial charge >= 0.3 is 0 Å². The summed E-state index contributed by atoms with van der Waals surface area (Å²) in [6.07, 6.45) is 0. The molecular formula is C22H58Si8. The molecule has 0 amide bonds. The van der Waals surface area contributed by atoms with Crippen LogP contribution < -0.4 is 0 Å². The summed E-state index contributed by atoms with van der Waals surface area (Å²) in [4.78, 5) is 0. The van der Waals surface area contributed by atoms with E-state index in [2.05, 4.69) is 106 Å². The van der Waals surface area contributed by atoms with Crippen molar-refractivity contribution in [2.45, 2.75) is 140 Å². The highest BCUT2D eigenvalue weighted by atomic mass is 29.5. The molecule has 0 rings (SSSR count). The maximum absolute atomic E-state index is 2.67. The summed E-state index contributed by atoms with van der Waals surface area (Å²) in [5.41, 5.74) is 8.79. The van der Waals surface area contributed by atoms with Crippen molar-refractivity contribution < 1.29 is 0 Å². The van der Waals surface area contributed by atoms with Crippen LogP contribution in [0.5, 0.6) is 0 Å². The molecule has 0 saturated heterocycles. The lowest BCUT2D eigenvalue weighted by molar-refractivity contribution is 1.02. The Morgan fingerprint density at radius 3 is 0.667 bits per heavy atom. The van der Waals surface area contributed by atoms with Gasteiger partial charge in [-0.05, 0) is 11.1 Å². The molecule has 0 aromatic heterocycles. The van der Waals surface area contributed by atoms with Crippen molar-refractivity contribution in [3.05, 3.63) is 0 Å². The second-order valence-corrected chi connectivity index (χ2v) is 61.4. The Labute approximate surface area is 202 Å². The van der Waals surface area contributed by atoms with Gasteiger partial charge in [0.25, 0.3) is 0 Å². The fourth-order valence-corrected chi connectivity index (χ4v) is 106. The highest BCUT2D eigenvalue weighted by Crippen LogP contribution is 2.37. The maximum atomic E-state index is 2.67. The predicted molar refractivity (Wildman–Crippen MR) is 166 cm³/mol. The van der Waals surface area contributed by atoms with Crippen molar-refractivity contribution in [3.8, 4) is 0 Å². The van der Waals surface area contributed by atoms with Crippen molar-refractivity contribution >= 4 is 63.3 Å². The van der Waals surface area contributed by atoms with Crippen LogP contribution in [0.4, 0.5) is 0 Å². The highest BCUT2D eigenvalue weighted by molar-refractivity contribution is 7.44. The number of hydrogen-bond donors (Lipinski definition) is 0. The lowest BCUT2D eigenvalue weighted by atomic mass is 10.6. The largest absolute Gasteiger partial charge is 0.0961 e. The molecule has 0 fully saturated rings. The fraction of sp³-hybridized carbons (Fsp3) is 1.00. The summed E-state index contributed by atoms with van der Waals surface area (Å²) in [5.74, 6) is 0. The first-order valence-corrected chi connectivity index (χ1v) is 37.3. The van der Waals surface area contributed by atoms with Crippen LogP contribution in [0.3, 0.4) is 0 Å². The molecule has 8 heteroatoms. The van der Waals surface area contributed by atoms with Gasteiger partial charge in [-0.1, -0.05) is 145 Å². The third-order valence-electron chi connectivity index (χ3n) is 6.15. The first-order chi connectivity index (χ1) is 12.9. The Morgan fingerprint density at radius 2 is 0.567 bits per heavy atom. The molecule has 0 atom stereocenters. The molecular weight excluding hydrogens is 489 g/mol. The molecule has 0 bridgehead atoms. The van der Waals surface area contributed by atoms with Crippen molar-refractivity contribution in [2.24, 2.45) is 0 Å². The third kappa shape index (κ3) is 12.3. The fourth-order valence-electron chi connectivity index (χ4n) is 5.44. The molecule has 0 spiro atoms. The van der Waals surface area contributed by atoms with E-state index in [1.54, 1.807) is 22.7 Å². The number of rotatable bonds is 10. The summed E-state index contributed by atoms with van der Waals surface area (Å²) in [7, 11) is -3.86. The van der Waals surface area contributed by atoms with E-state index >= 15 is 0 Å². The van der Waals surface area contributed by atoms with Crippen LogP contribution in [0.25, 0.3) is 0 Å². The lowest BCUT2D eigenvalue weighted by Gasteiger charge is -2.42. The molecule has 30 heavy (non-hydrogen) atoms. The summed E-state index contributed by atoms with van der Waals surface area (Å²) in [6.45, 7) is 42.7. The van der Waals surface area contributed by atoms with E-state index in [1.807, 2.05) is 0 Å². The summed E-state index contributed by atoms with van der Waals surface area (Å²) in [5, 5.41) is 0. The molecule has 0 heterocycles. The second kappa shape index (κ2) is 11.0. The van der Waals surface area contributed by atoms with Gasteiger partial charge in [0.1, 0.15) is 0 Å². The number of hydrogen-bond acceptors (Lipinski definition) is 0. The SMILES string of the molecule is CC(C)[Si](C[Si](C)(C)C)(C[Si](C)(C)C)[Si]#[Si][Si](C[Si](C)(C)C)(C[Si](C)(C)C)C(C)C. The Morgan fingerprint density at radius 1 is 0.400 bits per heavy atom. The standard InChI is InChI=1S/C22H58Si8/c1-21(2)29(17-25(5,6)7,18-26(8,9)10)23-24-30(22(3)4,19-27(11,12)13)20-28(14,15)16/h21-22H,17-20H2,1-16H3. The predicted octanol–water partition coefficient (Wildman–Crippen LogP) is 8.53. The third-order valence-corrected chi connectivity index (χ3v) is 65.4. The van der Waals surface area contributed by atoms with Crippen LogP contribution >= 0.6 is 0 Å². The molecule has 0 aliphatic rings. The molecule has 0 aromatic rings. The first-order valence-electron chi connectivity index (χ1n) is 12.5. The summed E-state index contributed by atoms with van der Waals surface area (Å²) >= 11 is 0. The smallest absolute Gasteiger partial charge is 0.0788 e. The Hall–Kier alpha value is 1.74. The molecule has 178 valence electrons. The Balaban J connectivity index is 6.81. The van der Waals surface area contributed by atoms with Gasteiger partial charge in [0.05, 0.1) is 15.2 Å².